The number of aryl methyl sites for hydroxylation is 2. The van der Waals surface area contributed by atoms with Gasteiger partial charge in [-0.1, -0.05) is 59.6 Å². The van der Waals surface area contributed by atoms with Gasteiger partial charge in [0.2, 0.25) is 0 Å². The molecule has 1 aliphatic rings. The normalized spacial score (nSPS) is 16.2. The van der Waals surface area contributed by atoms with E-state index in [0.29, 0.717) is 18.0 Å². The minimum Gasteiger partial charge on any atom is -0.327 e. The number of benzene rings is 2. The van der Waals surface area contributed by atoms with Crippen LogP contribution in [0.5, 0.6) is 0 Å². The van der Waals surface area contributed by atoms with Crippen LogP contribution in [0, 0.1) is 6.92 Å². The largest absolute Gasteiger partial charge is 0.327 e. The number of aromatic nitrogens is 2. The van der Waals surface area contributed by atoms with E-state index in [0.717, 1.165) is 22.4 Å². The molecule has 0 aliphatic carbocycles. The van der Waals surface area contributed by atoms with E-state index in [-0.39, 0.29) is 11.9 Å². The average molecular weight is 366 g/mol. The monoisotopic (exact) mass is 365 g/mol. The van der Waals surface area contributed by atoms with Gasteiger partial charge in [-0.25, -0.2) is 0 Å². The second-order valence-electron chi connectivity index (χ2n) is 6.79. The van der Waals surface area contributed by atoms with Crippen LogP contribution in [0.25, 0.3) is 0 Å². The minimum absolute atomic E-state index is 0.0482. The predicted molar refractivity (Wildman–Crippen MR) is 102 cm³/mol. The highest BCUT2D eigenvalue weighted by molar-refractivity contribution is 6.31. The summed E-state index contributed by atoms with van der Waals surface area (Å²) in [5.41, 5.74) is 5.11. The van der Waals surface area contributed by atoms with Gasteiger partial charge in [0.05, 0.1) is 23.0 Å². The molecule has 1 amide bonds. The number of carbonyl (C=O) groups excluding carboxylic acids is 1. The van der Waals surface area contributed by atoms with Gasteiger partial charge in [-0.2, -0.15) is 5.10 Å². The first-order chi connectivity index (χ1) is 12.5. The van der Waals surface area contributed by atoms with Crippen LogP contribution in [0.1, 0.15) is 38.8 Å². The third-order valence-corrected chi connectivity index (χ3v) is 5.37. The van der Waals surface area contributed by atoms with Crippen molar-refractivity contribution in [1.29, 1.82) is 0 Å². The van der Waals surface area contributed by atoms with Gasteiger partial charge in [0.25, 0.3) is 5.91 Å². The molecule has 4 nitrogen and oxygen atoms in total. The summed E-state index contributed by atoms with van der Waals surface area (Å²) in [6.07, 6.45) is 2.30. The lowest BCUT2D eigenvalue weighted by atomic mass is 10.0. The van der Waals surface area contributed by atoms with Crippen molar-refractivity contribution in [1.82, 2.24) is 14.7 Å². The standard InChI is InChI=1S/C21H20ClN3O/c1-14-7-9-15(10-8-14)13-25-19(11-20-18(22)12-23-24(20)2)16-5-3-4-6-17(16)21(25)26/h3-10,12,19H,11,13H2,1-2H3. The number of hydrogen-bond acceptors (Lipinski definition) is 2. The van der Waals surface area contributed by atoms with Crippen molar-refractivity contribution >= 4 is 17.5 Å². The SMILES string of the molecule is Cc1ccc(CN2C(=O)c3ccccc3C2Cc2c(Cl)cnn2C)cc1. The Hall–Kier alpha value is -2.59. The Morgan fingerprint density at radius 2 is 1.85 bits per heavy atom. The summed E-state index contributed by atoms with van der Waals surface area (Å²) >= 11 is 6.33. The van der Waals surface area contributed by atoms with Crippen LogP contribution >= 0.6 is 11.6 Å². The predicted octanol–water partition coefficient (Wildman–Crippen LogP) is 4.32. The van der Waals surface area contributed by atoms with Crippen molar-refractivity contribution in [3.05, 3.63) is 87.7 Å². The molecule has 0 bridgehead atoms. The Bertz CT molecular complexity index is 942. The first-order valence-corrected chi connectivity index (χ1v) is 9.04. The Balaban J connectivity index is 1.71. The average Bonchev–Trinajstić information content (AvgIpc) is 3.10. The van der Waals surface area contributed by atoms with Crippen molar-refractivity contribution in [2.75, 3.05) is 0 Å². The van der Waals surface area contributed by atoms with Gasteiger partial charge < -0.3 is 4.90 Å². The third kappa shape index (κ3) is 2.90. The second kappa shape index (κ2) is 6.61. The highest BCUT2D eigenvalue weighted by Crippen LogP contribution is 2.38. The van der Waals surface area contributed by atoms with Crippen LogP contribution in [0.15, 0.2) is 54.7 Å². The molecule has 5 heteroatoms. The Morgan fingerprint density at radius 1 is 1.12 bits per heavy atom. The molecule has 3 aromatic rings. The van der Waals surface area contributed by atoms with Gasteiger partial charge in [0.1, 0.15) is 0 Å². The first kappa shape index (κ1) is 16.9. The molecular formula is C21H20ClN3O. The molecule has 0 saturated heterocycles. The van der Waals surface area contributed by atoms with Gasteiger partial charge in [-0.05, 0) is 24.1 Å². The van der Waals surface area contributed by atoms with Gasteiger partial charge in [0.15, 0.2) is 0 Å². The summed E-state index contributed by atoms with van der Waals surface area (Å²) in [5.74, 6) is 0.0736. The molecule has 1 aromatic heterocycles. The Labute approximate surface area is 158 Å². The van der Waals surface area contributed by atoms with E-state index < -0.39 is 0 Å². The molecule has 0 fully saturated rings. The highest BCUT2D eigenvalue weighted by Gasteiger charge is 2.37. The van der Waals surface area contributed by atoms with E-state index in [1.807, 2.05) is 36.2 Å². The fraction of sp³-hybridized carbons (Fsp3) is 0.238. The van der Waals surface area contributed by atoms with Gasteiger partial charge >= 0.3 is 0 Å². The van der Waals surface area contributed by atoms with Crippen LogP contribution in [-0.4, -0.2) is 20.6 Å². The van der Waals surface area contributed by atoms with Crippen LogP contribution in [0.4, 0.5) is 0 Å². The highest BCUT2D eigenvalue weighted by atomic mass is 35.5. The maximum absolute atomic E-state index is 13.0. The van der Waals surface area contributed by atoms with Crippen LogP contribution in [0.2, 0.25) is 5.02 Å². The van der Waals surface area contributed by atoms with E-state index in [9.17, 15) is 4.79 Å². The second-order valence-corrected chi connectivity index (χ2v) is 7.20. The third-order valence-electron chi connectivity index (χ3n) is 5.06. The van der Waals surface area contributed by atoms with Crippen LogP contribution in [0.3, 0.4) is 0 Å². The van der Waals surface area contributed by atoms with Crippen molar-refractivity contribution in [2.45, 2.75) is 25.9 Å². The van der Waals surface area contributed by atoms with Crippen LogP contribution < -0.4 is 0 Å². The maximum atomic E-state index is 13.0. The fourth-order valence-electron chi connectivity index (χ4n) is 3.59. The number of carbonyl (C=O) groups is 1. The summed E-state index contributed by atoms with van der Waals surface area (Å²) < 4.78 is 1.79. The van der Waals surface area contributed by atoms with Crippen molar-refractivity contribution in [2.24, 2.45) is 7.05 Å². The van der Waals surface area contributed by atoms with Crippen molar-refractivity contribution in [3.63, 3.8) is 0 Å². The lowest BCUT2D eigenvalue weighted by molar-refractivity contribution is 0.0708. The molecule has 2 heterocycles. The zero-order chi connectivity index (χ0) is 18.3. The lowest BCUT2D eigenvalue weighted by Crippen LogP contribution is -2.29. The number of rotatable bonds is 4. The quantitative estimate of drug-likeness (QED) is 0.690. The minimum atomic E-state index is -0.0482. The van der Waals surface area contributed by atoms with Gasteiger partial charge in [-0.15, -0.1) is 0 Å². The molecule has 0 N–H and O–H groups in total. The summed E-state index contributed by atoms with van der Waals surface area (Å²) in [5, 5.41) is 4.87. The Morgan fingerprint density at radius 3 is 2.54 bits per heavy atom. The summed E-state index contributed by atoms with van der Waals surface area (Å²) in [6, 6.07) is 16.1. The van der Waals surface area contributed by atoms with Gasteiger partial charge in [-0.3, -0.25) is 9.48 Å². The molecule has 2 aromatic carbocycles. The summed E-state index contributed by atoms with van der Waals surface area (Å²) in [7, 11) is 1.88. The van der Waals surface area contributed by atoms with Crippen molar-refractivity contribution < 1.29 is 4.79 Å². The maximum Gasteiger partial charge on any atom is 0.255 e. The zero-order valence-corrected chi connectivity index (χ0v) is 15.6. The van der Waals surface area contributed by atoms with E-state index in [1.165, 1.54) is 5.56 Å². The number of nitrogens with zero attached hydrogens (tertiary/aromatic N) is 3. The molecule has 4 rings (SSSR count). The fourth-order valence-corrected chi connectivity index (χ4v) is 3.83. The number of halogens is 1. The molecule has 0 radical (unpaired) electrons. The molecule has 0 spiro atoms. The number of amides is 1. The molecule has 0 saturated carbocycles. The van der Waals surface area contributed by atoms with E-state index in [1.54, 1.807) is 10.9 Å². The lowest BCUT2D eigenvalue weighted by Gasteiger charge is -2.26. The number of fused-ring (bicyclic) bond motifs is 1. The molecule has 1 unspecified atom stereocenters. The molecule has 26 heavy (non-hydrogen) atoms. The van der Waals surface area contributed by atoms with Gasteiger partial charge in [0, 0.05) is 25.6 Å². The molecule has 132 valence electrons. The number of hydrogen-bond donors (Lipinski definition) is 0. The van der Waals surface area contributed by atoms with E-state index in [4.69, 9.17) is 11.6 Å². The summed E-state index contributed by atoms with van der Waals surface area (Å²) in [6.45, 7) is 2.64. The first-order valence-electron chi connectivity index (χ1n) is 8.66. The van der Waals surface area contributed by atoms with Crippen molar-refractivity contribution in [3.8, 4) is 0 Å². The molecule has 1 atom stereocenters. The summed E-state index contributed by atoms with van der Waals surface area (Å²) in [4.78, 5) is 15.0. The van der Waals surface area contributed by atoms with E-state index in [2.05, 4.69) is 36.3 Å². The molecular weight excluding hydrogens is 346 g/mol. The van der Waals surface area contributed by atoms with Crippen LogP contribution in [-0.2, 0) is 20.0 Å². The topological polar surface area (TPSA) is 38.1 Å². The smallest absolute Gasteiger partial charge is 0.255 e. The molecule has 1 aliphatic heterocycles. The van der Waals surface area contributed by atoms with E-state index >= 15 is 0 Å². The zero-order valence-electron chi connectivity index (χ0n) is 14.8. The Kier molecular flexibility index (Phi) is 4.29.